The summed E-state index contributed by atoms with van der Waals surface area (Å²) in [5.41, 5.74) is 6.61. The first-order valence-electron chi connectivity index (χ1n) is 9.34. The standard InChI is InChI=1S/C22H19N5O2S2/c1-31(28,29)18-12-10-16(11-13-18)21-19(27-14-6-5-9-20(27)25-21)15-23-26-22(30)24-17-7-3-2-4-8-17/h2-15H,1H3,(H2,24,26,30)/b23-15+. The number of rotatable bonds is 5. The van der Waals surface area contributed by atoms with Crippen LogP contribution in [-0.4, -0.2) is 35.4 Å². The predicted octanol–water partition coefficient (Wildman–Crippen LogP) is 3.73. The SMILES string of the molecule is CS(=O)(=O)c1ccc(-c2nc3ccccn3c2/C=N/NC(=S)Nc2ccccc2)cc1. The van der Waals surface area contributed by atoms with Crippen LogP contribution in [0.4, 0.5) is 5.69 Å². The molecule has 2 heterocycles. The number of imidazole rings is 1. The number of fused-ring (bicyclic) bond motifs is 1. The minimum atomic E-state index is -3.27. The summed E-state index contributed by atoms with van der Waals surface area (Å²) in [7, 11) is -3.27. The van der Waals surface area contributed by atoms with Crippen molar-refractivity contribution in [1.29, 1.82) is 0 Å². The summed E-state index contributed by atoms with van der Waals surface area (Å²) in [4.78, 5) is 4.94. The van der Waals surface area contributed by atoms with Crippen LogP contribution in [0.15, 0.2) is 89.0 Å². The highest BCUT2D eigenvalue weighted by Crippen LogP contribution is 2.25. The smallest absolute Gasteiger partial charge is 0.191 e. The zero-order valence-electron chi connectivity index (χ0n) is 16.6. The van der Waals surface area contributed by atoms with E-state index in [9.17, 15) is 8.42 Å². The van der Waals surface area contributed by atoms with Crippen LogP contribution >= 0.6 is 12.2 Å². The van der Waals surface area contributed by atoms with Crippen LogP contribution < -0.4 is 10.7 Å². The molecule has 0 saturated carbocycles. The van der Waals surface area contributed by atoms with Gasteiger partial charge in [-0.05, 0) is 48.6 Å². The van der Waals surface area contributed by atoms with Gasteiger partial charge in [-0.2, -0.15) is 5.10 Å². The van der Waals surface area contributed by atoms with Crippen LogP contribution in [0.25, 0.3) is 16.9 Å². The van der Waals surface area contributed by atoms with E-state index in [0.717, 1.165) is 22.6 Å². The van der Waals surface area contributed by atoms with Crippen molar-refractivity contribution < 1.29 is 8.42 Å². The van der Waals surface area contributed by atoms with Crippen molar-refractivity contribution in [3.8, 4) is 11.3 Å². The molecule has 0 bridgehead atoms. The Morgan fingerprint density at radius 3 is 2.45 bits per heavy atom. The Kier molecular flexibility index (Phi) is 5.79. The van der Waals surface area contributed by atoms with Crippen molar-refractivity contribution in [1.82, 2.24) is 14.8 Å². The minimum absolute atomic E-state index is 0.259. The average molecular weight is 450 g/mol. The Balaban J connectivity index is 1.62. The first-order chi connectivity index (χ1) is 14.9. The summed E-state index contributed by atoms with van der Waals surface area (Å²) in [5.74, 6) is 0. The maximum atomic E-state index is 11.8. The topological polar surface area (TPSA) is 87.9 Å². The van der Waals surface area contributed by atoms with Gasteiger partial charge in [-0.15, -0.1) is 0 Å². The number of pyridine rings is 1. The molecule has 0 unspecified atom stereocenters. The summed E-state index contributed by atoms with van der Waals surface area (Å²) in [6.07, 6.45) is 4.71. The zero-order chi connectivity index (χ0) is 21.8. The van der Waals surface area contributed by atoms with Gasteiger partial charge in [-0.3, -0.25) is 9.83 Å². The van der Waals surface area contributed by atoms with Gasteiger partial charge in [0.15, 0.2) is 14.9 Å². The minimum Gasteiger partial charge on any atom is -0.331 e. The Hall–Kier alpha value is -3.56. The second-order valence-corrected chi connectivity index (χ2v) is 9.19. The molecule has 9 heteroatoms. The van der Waals surface area contributed by atoms with Crippen molar-refractivity contribution >= 4 is 44.7 Å². The van der Waals surface area contributed by atoms with Gasteiger partial charge in [0.05, 0.1) is 22.5 Å². The molecule has 2 aromatic carbocycles. The molecule has 0 spiro atoms. The number of sulfone groups is 1. The Bertz CT molecular complexity index is 1360. The van der Waals surface area contributed by atoms with Gasteiger partial charge in [-0.25, -0.2) is 13.4 Å². The van der Waals surface area contributed by atoms with Crippen molar-refractivity contribution in [3.63, 3.8) is 0 Å². The van der Waals surface area contributed by atoms with Crippen molar-refractivity contribution in [2.24, 2.45) is 5.10 Å². The number of hydrogen-bond acceptors (Lipinski definition) is 5. The van der Waals surface area contributed by atoms with Crippen LogP contribution in [0, 0.1) is 0 Å². The van der Waals surface area contributed by atoms with Gasteiger partial charge in [0.2, 0.25) is 0 Å². The second kappa shape index (κ2) is 8.66. The maximum absolute atomic E-state index is 11.8. The normalized spacial score (nSPS) is 11.6. The van der Waals surface area contributed by atoms with Gasteiger partial charge in [-0.1, -0.05) is 36.4 Å². The lowest BCUT2D eigenvalue weighted by Gasteiger charge is -2.06. The predicted molar refractivity (Wildman–Crippen MR) is 127 cm³/mol. The highest BCUT2D eigenvalue weighted by atomic mass is 32.2. The molecule has 2 N–H and O–H groups in total. The summed E-state index contributed by atoms with van der Waals surface area (Å²) in [5, 5.41) is 7.68. The number of aromatic nitrogens is 2. The van der Waals surface area contributed by atoms with Crippen LogP contribution in [0.2, 0.25) is 0 Å². The maximum Gasteiger partial charge on any atom is 0.191 e. The summed E-state index contributed by atoms with van der Waals surface area (Å²) < 4.78 is 25.4. The molecular formula is C22H19N5O2S2. The summed E-state index contributed by atoms with van der Waals surface area (Å²) in [6, 6.07) is 21.9. The van der Waals surface area contributed by atoms with Crippen LogP contribution in [0.5, 0.6) is 0 Å². The average Bonchev–Trinajstić information content (AvgIpc) is 3.13. The molecule has 4 aromatic rings. The monoisotopic (exact) mass is 449 g/mol. The molecule has 0 saturated heterocycles. The fourth-order valence-electron chi connectivity index (χ4n) is 3.04. The molecule has 0 aliphatic carbocycles. The van der Waals surface area contributed by atoms with E-state index in [1.54, 1.807) is 30.5 Å². The number of thiocarbonyl (C=S) groups is 1. The van der Waals surface area contributed by atoms with E-state index >= 15 is 0 Å². The zero-order valence-corrected chi connectivity index (χ0v) is 18.2. The molecule has 4 rings (SSSR count). The van der Waals surface area contributed by atoms with Crippen molar-refractivity contribution in [3.05, 3.63) is 84.7 Å². The van der Waals surface area contributed by atoms with E-state index in [2.05, 4.69) is 20.8 Å². The lowest BCUT2D eigenvalue weighted by atomic mass is 10.1. The van der Waals surface area contributed by atoms with Crippen molar-refractivity contribution in [2.45, 2.75) is 4.90 Å². The van der Waals surface area contributed by atoms with Crippen LogP contribution in [0.3, 0.4) is 0 Å². The molecular weight excluding hydrogens is 430 g/mol. The van der Waals surface area contributed by atoms with E-state index in [1.807, 2.05) is 59.1 Å². The lowest BCUT2D eigenvalue weighted by molar-refractivity contribution is 0.602. The third-order valence-corrected chi connectivity index (χ3v) is 5.83. The largest absolute Gasteiger partial charge is 0.331 e. The number of para-hydroxylation sites is 1. The Morgan fingerprint density at radius 1 is 1.03 bits per heavy atom. The Morgan fingerprint density at radius 2 is 1.74 bits per heavy atom. The third kappa shape index (κ3) is 4.79. The number of benzene rings is 2. The molecule has 0 aliphatic heterocycles. The number of nitrogens with zero attached hydrogens (tertiary/aromatic N) is 3. The Labute approximate surface area is 185 Å². The molecule has 156 valence electrons. The molecule has 0 atom stereocenters. The van der Waals surface area contributed by atoms with E-state index in [1.165, 1.54) is 6.26 Å². The van der Waals surface area contributed by atoms with E-state index < -0.39 is 9.84 Å². The molecule has 0 radical (unpaired) electrons. The van der Waals surface area contributed by atoms with E-state index in [0.29, 0.717) is 10.8 Å². The van der Waals surface area contributed by atoms with Gasteiger partial charge < -0.3 is 5.32 Å². The van der Waals surface area contributed by atoms with Gasteiger partial charge >= 0.3 is 0 Å². The van der Waals surface area contributed by atoms with Gasteiger partial charge in [0, 0.05) is 23.7 Å². The van der Waals surface area contributed by atoms with Crippen molar-refractivity contribution in [2.75, 3.05) is 11.6 Å². The molecule has 2 aromatic heterocycles. The van der Waals surface area contributed by atoms with Gasteiger partial charge in [0.25, 0.3) is 0 Å². The first kappa shape index (κ1) is 20.7. The number of nitrogens with one attached hydrogen (secondary N) is 2. The molecule has 0 aliphatic rings. The lowest BCUT2D eigenvalue weighted by Crippen LogP contribution is -2.23. The second-order valence-electron chi connectivity index (χ2n) is 6.76. The molecule has 0 fully saturated rings. The van der Waals surface area contributed by atoms with Crippen LogP contribution in [-0.2, 0) is 9.84 Å². The number of hydrogen-bond donors (Lipinski definition) is 2. The summed E-state index contributed by atoms with van der Waals surface area (Å²) >= 11 is 5.29. The quantitative estimate of drug-likeness (QED) is 0.274. The third-order valence-electron chi connectivity index (χ3n) is 4.51. The fourth-order valence-corrected chi connectivity index (χ4v) is 3.84. The van der Waals surface area contributed by atoms with Gasteiger partial charge in [0.1, 0.15) is 5.65 Å². The molecule has 0 amide bonds. The molecule has 7 nitrogen and oxygen atoms in total. The van der Waals surface area contributed by atoms with E-state index in [-0.39, 0.29) is 4.90 Å². The number of anilines is 1. The number of hydrazone groups is 1. The molecule has 31 heavy (non-hydrogen) atoms. The van der Waals surface area contributed by atoms with Crippen LogP contribution in [0.1, 0.15) is 5.69 Å². The highest BCUT2D eigenvalue weighted by Gasteiger charge is 2.14. The first-order valence-corrected chi connectivity index (χ1v) is 11.6. The van der Waals surface area contributed by atoms with E-state index in [4.69, 9.17) is 12.2 Å². The fraction of sp³-hybridized carbons (Fsp3) is 0.0455. The summed E-state index contributed by atoms with van der Waals surface area (Å²) in [6.45, 7) is 0. The highest BCUT2D eigenvalue weighted by molar-refractivity contribution is 7.90.